The van der Waals surface area contributed by atoms with Crippen LogP contribution in [0.5, 0.6) is 5.75 Å². The number of benzene rings is 2. The summed E-state index contributed by atoms with van der Waals surface area (Å²) in [6.45, 7) is 3.76. The number of hydrogen-bond acceptors (Lipinski definition) is 8. The number of aromatic nitrogens is 3. The molecule has 1 aliphatic rings. The van der Waals surface area contributed by atoms with Crippen LogP contribution in [0, 0.1) is 17.6 Å². The number of nitrogens with zero attached hydrogens (tertiary/aromatic N) is 4. The molecule has 10 heteroatoms. The lowest BCUT2D eigenvalue weighted by molar-refractivity contribution is 0.0601. The number of aryl methyl sites for hydroxylation is 1. The number of oxazole rings is 1. The second-order valence-corrected chi connectivity index (χ2v) is 8.95. The molecule has 192 valence electrons. The summed E-state index contributed by atoms with van der Waals surface area (Å²) in [7, 11) is 1.28. The SMILES string of the molecule is CCc1cnc(N2CCC(COc3c(F)cc(-c4nc5cc(C(=O)OC)ccc5o4)cc3F)CC2)nc1. The standard InChI is InChI=1S/C27H26F2N4O4/c1-3-16-13-30-27(31-14-16)33-8-6-17(7-9-33)15-36-24-20(28)10-19(11-21(24)29)25-32-22-12-18(26(34)35-2)4-5-23(22)37-25/h4-5,10-14,17H,3,6-9,15H2,1-2H3. The lowest BCUT2D eigenvalue weighted by Crippen LogP contribution is -2.36. The molecule has 0 bridgehead atoms. The monoisotopic (exact) mass is 508 g/mol. The predicted molar refractivity (Wildman–Crippen MR) is 133 cm³/mol. The summed E-state index contributed by atoms with van der Waals surface area (Å²) in [6, 6.07) is 6.84. The Hall–Kier alpha value is -4.08. The Morgan fingerprint density at radius 2 is 1.81 bits per heavy atom. The molecule has 0 amide bonds. The molecule has 1 fully saturated rings. The number of carbonyl (C=O) groups excluding carboxylic acids is 1. The smallest absolute Gasteiger partial charge is 0.337 e. The van der Waals surface area contributed by atoms with Crippen molar-refractivity contribution in [3.63, 3.8) is 0 Å². The third-order valence-electron chi connectivity index (χ3n) is 6.51. The molecule has 5 rings (SSSR count). The largest absolute Gasteiger partial charge is 0.487 e. The molecular formula is C27H26F2N4O4. The zero-order valence-electron chi connectivity index (χ0n) is 20.5. The van der Waals surface area contributed by atoms with Crippen LogP contribution in [-0.2, 0) is 11.2 Å². The first-order chi connectivity index (χ1) is 17.9. The van der Waals surface area contributed by atoms with Gasteiger partial charge in [0, 0.05) is 31.0 Å². The van der Waals surface area contributed by atoms with Crippen molar-refractivity contribution >= 4 is 23.0 Å². The van der Waals surface area contributed by atoms with Crippen molar-refractivity contribution in [2.75, 3.05) is 31.7 Å². The number of esters is 1. The third-order valence-corrected chi connectivity index (χ3v) is 6.51. The summed E-state index contributed by atoms with van der Waals surface area (Å²) in [4.78, 5) is 27.0. The van der Waals surface area contributed by atoms with Crippen LogP contribution in [0.1, 0.15) is 35.7 Å². The van der Waals surface area contributed by atoms with E-state index in [9.17, 15) is 13.6 Å². The van der Waals surface area contributed by atoms with Gasteiger partial charge in [-0.05, 0) is 61.1 Å². The van der Waals surface area contributed by atoms with Crippen LogP contribution in [0.3, 0.4) is 0 Å². The molecule has 37 heavy (non-hydrogen) atoms. The molecule has 0 atom stereocenters. The molecule has 1 aliphatic heterocycles. The van der Waals surface area contributed by atoms with Crippen molar-refractivity contribution < 1.29 is 27.5 Å². The molecule has 0 radical (unpaired) electrons. The van der Waals surface area contributed by atoms with Gasteiger partial charge in [-0.15, -0.1) is 0 Å². The first kappa shape index (κ1) is 24.6. The van der Waals surface area contributed by atoms with E-state index in [-0.39, 0.29) is 24.0 Å². The number of hydrogen-bond donors (Lipinski definition) is 0. The van der Waals surface area contributed by atoms with Crippen LogP contribution in [0.2, 0.25) is 0 Å². The second kappa shape index (κ2) is 10.5. The number of anilines is 1. The van der Waals surface area contributed by atoms with E-state index in [4.69, 9.17) is 13.9 Å². The number of carbonyl (C=O) groups is 1. The van der Waals surface area contributed by atoms with E-state index in [0.29, 0.717) is 22.6 Å². The van der Waals surface area contributed by atoms with Crippen molar-refractivity contribution in [2.45, 2.75) is 26.2 Å². The van der Waals surface area contributed by atoms with Crippen molar-refractivity contribution in [3.8, 4) is 17.2 Å². The molecule has 3 heterocycles. The zero-order chi connectivity index (χ0) is 25.9. The Bertz CT molecular complexity index is 1390. The summed E-state index contributed by atoms with van der Waals surface area (Å²) in [5, 5.41) is 0. The average molecular weight is 509 g/mol. The maximum atomic E-state index is 14.8. The highest BCUT2D eigenvalue weighted by atomic mass is 19.1. The Balaban J connectivity index is 1.23. The minimum Gasteiger partial charge on any atom is -0.487 e. The van der Waals surface area contributed by atoms with Gasteiger partial charge in [0.2, 0.25) is 11.8 Å². The van der Waals surface area contributed by atoms with Crippen LogP contribution in [-0.4, -0.2) is 47.7 Å². The van der Waals surface area contributed by atoms with Crippen LogP contribution < -0.4 is 9.64 Å². The first-order valence-electron chi connectivity index (χ1n) is 12.1. The van der Waals surface area contributed by atoms with E-state index in [1.54, 1.807) is 6.07 Å². The second-order valence-electron chi connectivity index (χ2n) is 8.95. The molecule has 2 aromatic carbocycles. The van der Waals surface area contributed by atoms with E-state index < -0.39 is 23.4 Å². The molecule has 0 aliphatic carbocycles. The van der Waals surface area contributed by atoms with E-state index in [0.717, 1.165) is 50.0 Å². The Labute approximate surface area is 212 Å². The number of halogens is 2. The van der Waals surface area contributed by atoms with Crippen molar-refractivity contribution in [1.29, 1.82) is 0 Å². The predicted octanol–water partition coefficient (Wildman–Crippen LogP) is 5.21. The zero-order valence-corrected chi connectivity index (χ0v) is 20.5. The molecule has 2 aromatic heterocycles. The summed E-state index contributed by atoms with van der Waals surface area (Å²) in [6.07, 6.45) is 6.17. The molecule has 1 saturated heterocycles. The van der Waals surface area contributed by atoms with Crippen LogP contribution in [0.15, 0.2) is 47.1 Å². The van der Waals surface area contributed by atoms with Crippen LogP contribution in [0.25, 0.3) is 22.6 Å². The number of piperidine rings is 1. The van der Waals surface area contributed by atoms with Gasteiger partial charge < -0.3 is 18.8 Å². The highest BCUT2D eigenvalue weighted by Gasteiger charge is 2.23. The molecular weight excluding hydrogens is 482 g/mol. The van der Waals surface area contributed by atoms with Crippen LogP contribution >= 0.6 is 0 Å². The van der Waals surface area contributed by atoms with Gasteiger partial charge in [-0.25, -0.2) is 28.5 Å². The maximum absolute atomic E-state index is 14.8. The minimum atomic E-state index is -0.839. The first-order valence-corrected chi connectivity index (χ1v) is 12.1. The maximum Gasteiger partial charge on any atom is 0.337 e. The number of rotatable bonds is 7. The van der Waals surface area contributed by atoms with E-state index in [2.05, 4.69) is 26.8 Å². The Morgan fingerprint density at radius 1 is 1.11 bits per heavy atom. The summed E-state index contributed by atoms with van der Waals surface area (Å²) < 4.78 is 45.6. The van der Waals surface area contributed by atoms with Gasteiger partial charge in [0.15, 0.2) is 23.0 Å². The summed E-state index contributed by atoms with van der Waals surface area (Å²) in [5.74, 6) is -1.73. The lowest BCUT2D eigenvalue weighted by Gasteiger charge is -2.31. The van der Waals surface area contributed by atoms with Gasteiger partial charge in [0.1, 0.15) is 5.52 Å². The lowest BCUT2D eigenvalue weighted by atomic mass is 9.98. The molecule has 0 spiro atoms. The summed E-state index contributed by atoms with van der Waals surface area (Å²) in [5.41, 5.74) is 2.26. The third kappa shape index (κ3) is 5.23. The van der Waals surface area contributed by atoms with Gasteiger partial charge in [-0.1, -0.05) is 6.92 Å². The fourth-order valence-corrected chi connectivity index (χ4v) is 4.31. The molecule has 0 saturated carbocycles. The van der Waals surface area contributed by atoms with E-state index in [1.165, 1.54) is 19.2 Å². The minimum absolute atomic E-state index is 0.0305. The van der Waals surface area contributed by atoms with Gasteiger partial charge in [-0.3, -0.25) is 0 Å². The highest BCUT2D eigenvalue weighted by molar-refractivity contribution is 5.93. The number of fused-ring (bicyclic) bond motifs is 1. The van der Waals surface area contributed by atoms with Crippen molar-refractivity contribution in [3.05, 3.63) is 65.5 Å². The molecule has 8 nitrogen and oxygen atoms in total. The average Bonchev–Trinajstić information content (AvgIpc) is 3.36. The fourth-order valence-electron chi connectivity index (χ4n) is 4.31. The Kier molecular flexibility index (Phi) is 6.98. The number of ether oxygens (including phenoxy) is 2. The van der Waals surface area contributed by atoms with E-state index >= 15 is 0 Å². The molecule has 0 N–H and O–H groups in total. The summed E-state index contributed by atoms with van der Waals surface area (Å²) >= 11 is 0. The highest BCUT2D eigenvalue weighted by Crippen LogP contribution is 2.32. The van der Waals surface area contributed by atoms with Crippen LogP contribution in [0.4, 0.5) is 14.7 Å². The number of methoxy groups -OCH3 is 1. The Morgan fingerprint density at radius 3 is 2.46 bits per heavy atom. The van der Waals surface area contributed by atoms with Crippen molar-refractivity contribution in [1.82, 2.24) is 15.0 Å². The van der Waals surface area contributed by atoms with E-state index in [1.807, 2.05) is 12.4 Å². The quantitative estimate of drug-likeness (QED) is 0.315. The van der Waals surface area contributed by atoms with Crippen molar-refractivity contribution in [2.24, 2.45) is 5.92 Å². The molecule has 4 aromatic rings. The topological polar surface area (TPSA) is 90.6 Å². The van der Waals surface area contributed by atoms with Gasteiger partial charge in [0.25, 0.3) is 0 Å². The van der Waals surface area contributed by atoms with Gasteiger partial charge in [-0.2, -0.15) is 0 Å². The molecule has 0 unspecified atom stereocenters. The normalized spacial score (nSPS) is 14.2. The fraction of sp³-hybridized carbons (Fsp3) is 0.333. The van der Waals surface area contributed by atoms with Gasteiger partial charge in [0.05, 0.1) is 19.3 Å². The van der Waals surface area contributed by atoms with Gasteiger partial charge >= 0.3 is 5.97 Å².